The summed E-state index contributed by atoms with van der Waals surface area (Å²) in [5, 5.41) is 7.09. The van der Waals surface area contributed by atoms with Crippen LogP contribution in [0.15, 0.2) is 17.2 Å². The summed E-state index contributed by atoms with van der Waals surface area (Å²) in [7, 11) is 1.67. The number of aromatic nitrogens is 2. The molecule has 0 unspecified atom stereocenters. The van der Waals surface area contributed by atoms with E-state index in [1.165, 1.54) is 22.3 Å². The van der Waals surface area contributed by atoms with Gasteiger partial charge in [0, 0.05) is 24.8 Å². The lowest BCUT2D eigenvalue weighted by molar-refractivity contribution is -0.115. The molecule has 0 spiro atoms. The molecule has 0 saturated carbocycles. The van der Waals surface area contributed by atoms with Crippen LogP contribution in [0.2, 0.25) is 0 Å². The molecular formula is C22H31N5O3S. The lowest BCUT2D eigenvalue weighted by atomic mass is 9.98. The van der Waals surface area contributed by atoms with E-state index in [0.29, 0.717) is 0 Å². The lowest BCUT2D eigenvalue weighted by Gasteiger charge is -2.19. The Hall–Kier alpha value is -2.23. The fourth-order valence-corrected chi connectivity index (χ4v) is 5.60. The minimum atomic E-state index is -3.89. The predicted octanol–water partition coefficient (Wildman–Crippen LogP) is 1.94. The SMILES string of the molecule is C[C@H](c1cc(S(=O)(=O)NCC(=O)Nc2c3c(cc4c2CCC4)CCC3)nn1C)N(C)C. The number of carbonyl (C=O) groups is 1. The van der Waals surface area contributed by atoms with Gasteiger partial charge in [0.1, 0.15) is 0 Å². The highest BCUT2D eigenvalue weighted by Gasteiger charge is 2.26. The van der Waals surface area contributed by atoms with Crippen molar-refractivity contribution in [2.45, 2.75) is 56.5 Å². The van der Waals surface area contributed by atoms with Crippen LogP contribution in [0.3, 0.4) is 0 Å². The van der Waals surface area contributed by atoms with Crippen LogP contribution in [0.25, 0.3) is 0 Å². The van der Waals surface area contributed by atoms with Gasteiger partial charge >= 0.3 is 0 Å². The van der Waals surface area contributed by atoms with Gasteiger partial charge in [-0.25, -0.2) is 13.1 Å². The summed E-state index contributed by atoms with van der Waals surface area (Å²) in [6.07, 6.45) is 6.22. The number of amides is 1. The summed E-state index contributed by atoms with van der Waals surface area (Å²) >= 11 is 0. The number of aryl methyl sites for hydroxylation is 3. The first kappa shape index (κ1) is 22.0. The van der Waals surface area contributed by atoms with E-state index >= 15 is 0 Å². The molecule has 31 heavy (non-hydrogen) atoms. The van der Waals surface area contributed by atoms with Crippen molar-refractivity contribution in [3.63, 3.8) is 0 Å². The van der Waals surface area contributed by atoms with Gasteiger partial charge in [-0.3, -0.25) is 9.48 Å². The third kappa shape index (κ3) is 4.26. The molecule has 0 fully saturated rings. The first-order valence-corrected chi connectivity index (χ1v) is 12.3. The minimum Gasteiger partial charge on any atom is -0.324 e. The first-order chi connectivity index (χ1) is 14.7. The number of nitrogens with zero attached hydrogens (tertiary/aromatic N) is 3. The average molecular weight is 446 g/mol. The quantitative estimate of drug-likeness (QED) is 0.679. The molecule has 2 N–H and O–H groups in total. The van der Waals surface area contributed by atoms with Crippen LogP contribution in [0.4, 0.5) is 5.69 Å². The summed E-state index contributed by atoms with van der Waals surface area (Å²) in [6.45, 7) is 1.65. The standard InChI is InChI=1S/C22H31N5O3S/c1-14(26(2)3)19-12-21(25-27(19)4)31(29,30)23-13-20(28)24-22-17-9-5-7-15(17)11-16-8-6-10-18(16)22/h11-12,14,23H,5-10,13H2,1-4H3,(H,24,28)/t14-/m1/s1. The Balaban J connectivity index is 1.47. The number of hydrogen-bond acceptors (Lipinski definition) is 5. The Bertz CT molecular complexity index is 1090. The Morgan fingerprint density at radius 3 is 2.32 bits per heavy atom. The monoisotopic (exact) mass is 445 g/mol. The molecule has 1 aromatic heterocycles. The van der Waals surface area contributed by atoms with Crippen molar-refractivity contribution in [1.29, 1.82) is 0 Å². The van der Waals surface area contributed by atoms with Gasteiger partial charge in [0.15, 0.2) is 5.03 Å². The smallest absolute Gasteiger partial charge is 0.260 e. The number of nitrogens with one attached hydrogen (secondary N) is 2. The molecule has 1 amide bonds. The van der Waals surface area contributed by atoms with Crippen molar-refractivity contribution in [2.75, 3.05) is 26.0 Å². The summed E-state index contributed by atoms with van der Waals surface area (Å²) in [5.41, 5.74) is 6.81. The van der Waals surface area contributed by atoms with Crippen LogP contribution in [-0.2, 0) is 47.5 Å². The Morgan fingerprint density at radius 1 is 1.13 bits per heavy atom. The zero-order valence-corrected chi connectivity index (χ0v) is 19.5. The van der Waals surface area contributed by atoms with E-state index in [4.69, 9.17) is 0 Å². The van der Waals surface area contributed by atoms with E-state index < -0.39 is 10.0 Å². The summed E-state index contributed by atoms with van der Waals surface area (Å²) in [5.74, 6) is -0.351. The van der Waals surface area contributed by atoms with E-state index in [-0.39, 0.29) is 23.5 Å². The maximum atomic E-state index is 12.7. The molecule has 0 aliphatic heterocycles. The highest BCUT2D eigenvalue weighted by molar-refractivity contribution is 7.89. The van der Waals surface area contributed by atoms with Crippen molar-refractivity contribution in [3.8, 4) is 0 Å². The zero-order valence-electron chi connectivity index (χ0n) is 18.7. The first-order valence-electron chi connectivity index (χ1n) is 10.8. The highest BCUT2D eigenvalue weighted by atomic mass is 32.2. The third-order valence-corrected chi connectivity index (χ3v) is 7.81. The fraction of sp³-hybridized carbons (Fsp3) is 0.545. The van der Waals surface area contributed by atoms with E-state index in [1.54, 1.807) is 17.8 Å². The van der Waals surface area contributed by atoms with Crippen molar-refractivity contribution in [3.05, 3.63) is 40.1 Å². The number of sulfonamides is 1. The molecule has 1 aromatic carbocycles. The van der Waals surface area contributed by atoms with Crippen LogP contribution in [0.5, 0.6) is 0 Å². The number of rotatable bonds is 7. The minimum absolute atomic E-state index is 0.00650. The molecule has 4 rings (SSSR count). The molecule has 2 aromatic rings. The van der Waals surface area contributed by atoms with E-state index in [9.17, 15) is 13.2 Å². The van der Waals surface area contributed by atoms with Crippen molar-refractivity contribution >= 4 is 21.6 Å². The van der Waals surface area contributed by atoms with Crippen molar-refractivity contribution in [2.24, 2.45) is 7.05 Å². The van der Waals surface area contributed by atoms with Crippen LogP contribution in [0, 0.1) is 0 Å². The Kier molecular flexibility index (Phi) is 5.93. The second-order valence-electron chi connectivity index (χ2n) is 8.78. The van der Waals surface area contributed by atoms with Crippen molar-refractivity contribution in [1.82, 2.24) is 19.4 Å². The molecular weight excluding hydrogens is 414 g/mol. The number of anilines is 1. The number of carbonyl (C=O) groups excluding carboxylic acids is 1. The van der Waals surface area contributed by atoms with Gasteiger partial charge < -0.3 is 10.2 Å². The molecule has 0 bridgehead atoms. The maximum Gasteiger partial charge on any atom is 0.260 e. The van der Waals surface area contributed by atoms with Crippen LogP contribution < -0.4 is 10.0 Å². The molecule has 0 saturated heterocycles. The van der Waals surface area contributed by atoms with Gasteiger partial charge in [0.2, 0.25) is 5.91 Å². The molecule has 9 heteroatoms. The van der Waals surface area contributed by atoms with Gasteiger partial charge in [0.05, 0.1) is 12.2 Å². The highest BCUT2D eigenvalue weighted by Crippen LogP contribution is 2.38. The summed E-state index contributed by atoms with van der Waals surface area (Å²) in [4.78, 5) is 14.7. The molecule has 1 atom stereocenters. The average Bonchev–Trinajstić information content (AvgIpc) is 3.45. The van der Waals surface area contributed by atoms with Crippen LogP contribution >= 0.6 is 0 Å². The maximum absolute atomic E-state index is 12.7. The molecule has 2 aliphatic carbocycles. The van der Waals surface area contributed by atoms with Gasteiger partial charge in [-0.05, 0) is 81.8 Å². The van der Waals surface area contributed by atoms with Crippen molar-refractivity contribution < 1.29 is 13.2 Å². The van der Waals surface area contributed by atoms with Gasteiger partial charge in [-0.2, -0.15) is 5.10 Å². The van der Waals surface area contributed by atoms with Gasteiger partial charge in [-0.15, -0.1) is 0 Å². The number of benzene rings is 1. The molecule has 2 aliphatic rings. The number of fused-ring (bicyclic) bond motifs is 2. The second-order valence-corrected chi connectivity index (χ2v) is 10.5. The lowest BCUT2D eigenvalue weighted by Crippen LogP contribution is -2.33. The van der Waals surface area contributed by atoms with E-state index in [2.05, 4.69) is 21.2 Å². The molecule has 1 heterocycles. The Labute approximate surface area is 184 Å². The fourth-order valence-electron chi connectivity index (χ4n) is 4.63. The van der Waals surface area contributed by atoms with Crippen LogP contribution in [0.1, 0.15) is 53.8 Å². The second kappa shape index (κ2) is 8.37. The normalized spacial score (nSPS) is 16.4. The van der Waals surface area contributed by atoms with E-state index in [1.807, 2.05) is 25.9 Å². The largest absolute Gasteiger partial charge is 0.324 e. The predicted molar refractivity (Wildman–Crippen MR) is 120 cm³/mol. The summed E-state index contributed by atoms with van der Waals surface area (Å²) in [6, 6.07) is 3.87. The number of hydrogen-bond donors (Lipinski definition) is 2. The summed E-state index contributed by atoms with van der Waals surface area (Å²) < 4.78 is 29.5. The van der Waals surface area contributed by atoms with Gasteiger partial charge in [0.25, 0.3) is 10.0 Å². The van der Waals surface area contributed by atoms with E-state index in [0.717, 1.165) is 49.9 Å². The molecule has 0 radical (unpaired) electrons. The van der Waals surface area contributed by atoms with Crippen LogP contribution in [-0.4, -0.2) is 49.6 Å². The Morgan fingerprint density at radius 2 is 1.74 bits per heavy atom. The third-order valence-electron chi connectivity index (χ3n) is 6.53. The topological polar surface area (TPSA) is 96.3 Å². The molecule has 8 nitrogen and oxygen atoms in total. The molecule has 168 valence electrons. The van der Waals surface area contributed by atoms with Gasteiger partial charge in [-0.1, -0.05) is 6.07 Å². The zero-order chi connectivity index (χ0) is 22.3.